The number of sulfonamides is 1. The van der Waals surface area contributed by atoms with E-state index in [2.05, 4.69) is 15.6 Å². The second kappa shape index (κ2) is 16.0. The standard InChI is InChI=1S/C38H48F2N4O9S/c39-25-12-22(13-26(40)17-25)14-29(43-38(46)53-32-16-24-21-51-36-35(24)28(32)8-11-50-36)31(45)19-44-9-4-2-1-3-5-10-49-20-23-15-30-33(18-34(23)54(44,47)48)52-37(42-30)41-27-6-7-27/h12-13,15,17-18,24,27-29,31-32,35-36,45H,1-11,14,16,19-21H2,(H,41,42)(H,43,46)/t24-,28-,29-,31+,32-,35+,36+/m0/s1. The van der Waals surface area contributed by atoms with Gasteiger partial charge in [0.25, 0.3) is 6.01 Å². The number of nitrogens with one attached hydrogen (secondary N) is 2. The Labute approximate surface area is 313 Å². The summed E-state index contributed by atoms with van der Waals surface area (Å²) in [5.74, 6) is -1.25. The zero-order chi connectivity index (χ0) is 37.4. The summed E-state index contributed by atoms with van der Waals surface area (Å²) in [6.45, 7) is 1.20. The lowest BCUT2D eigenvalue weighted by Gasteiger charge is -2.33. The highest BCUT2D eigenvalue weighted by Crippen LogP contribution is 2.50. The maximum Gasteiger partial charge on any atom is 0.407 e. The monoisotopic (exact) mass is 774 g/mol. The molecule has 2 aliphatic carbocycles. The number of oxazole rings is 1. The van der Waals surface area contributed by atoms with Crippen LogP contribution in [0.4, 0.5) is 19.6 Å². The van der Waals surface area contributed by atoms with E-state index in [1.165, 1.54) is 10.4 Å². The second-order valence-corrected chi connectivity index (χ2v) is 17.3. The average molecular weight is 775 g/mol. The minimum atomic E-state index is -4.30. The summed E-state index contributed by atoms with van der Waals surface area (Å²) in [5, 5.41) is 17.8. The van der Waals surface area contributed by atoms with Crippen molar-refractivity contribution in [3.8, 4) is 0 Å². The number of halogens is 2. The number of anilines is 1. The lowest BCUT2D eigenvalue weighted by molar-refractivity contribution is -0.173. The molecule has 2 saturated heterocycles. The summed E-state index contributed by atoms with van der Waals surface area (Å²) in [6, 6.07) is 5.53. The smallest absolute Gasteiger partial charge is 0.407 e. The highest BCUT2D eigenvalue weighted by atomic mass is 32.2. The van der Waals surface area contributed by atoms with Gasteiger partial charge >= 0.3 is 6.09 Å². The molecule has 54 heavy (non-hydrogen) atoms. The number of aliphatic hydroxyl groups is 1. The van der Waals surface area contributed by atoms with Gasteiger partial charge in [-0.3, -0.25) is 0 Å². The van der Waals surface area contributed by atoms with Crippen molar-refractivity contribution >= 4 is 33.2 Å². The number of fused-ring (bicyclic) bond motifs is 2. The molecule has 2 saturated carbocycles. The number of ether oxygens (including phenoxy) is 4. The van der Waals surface area contributed by atoms with E-state index in [-0.39, 0.29) is 60.1 Å². The molecule has 294 valence electrons. The number of β-amino-alcohol motifs (C(OH)–C–C–N with tert-alkyl or cyclic N) is 1. The van der Waals surface area contributed by atoms with Crippen LogP contribution in [0.3, 0.4) is 0 Å². The van der Waals surface area contributed by atoms with Gasteiger partial charge in [0.2, 0.25) is 10.0 Å². The lowest BCUT2D eigenvalue weighted by Crippen LogP contribution is -2.51. The lowest BCUT2D eigenvalue weighted by atomic mass is 9.87. The van der Waals surface area contributed by atoms with E-state index in [9.17, 15) is 27.1 Å². The van der Waals surface area contributed by atoms with Gasteiger partial charge in [0, 0.05) is 55.3 Å². The van der Waals surface area contributed by atoms with Crippen LogP contribution in [0.1, 0.15) is 68.9 Å². The maximum atomic E-state index is 14.7. The zero-order valence-corrected chi connectivity index (χ0v) is 30.9. The third-order valence-electron chi connectivity index (χ3n) is 11.4. The first-order chi connectivity index (χ1) is 26.1. The highest BCUT2D eigenvalue weighted by molar-refractivity contribution is 7.89. The van der Waals surface area contributed by atoms with Crippen molar-refractivity contribution in [2.45, 2.75) is 106 Å². The number of rotatable bonds is 9. The van der Waals surface area contributed by atoms with Crippen molar-refractivity contribution in [3.63, 3.8) is 0 Å². The summed E-state index contributed by atoms with van der Waals surface area (Å²) >= 11 is 0. The van der Waals surface area contributed by atoms with Crippen LogP contribution >= 0.6 is 0 Å². The molecule has 0 radical (unpaired) electrons. The summed E-state index contributed by atoms with van der Waals surface area (Å²) in [7, 11) is -4.30. The van der Waals surface area contributed by atoms with Gasteiger partial charge in [-0.25, -0.2) is 22.0 Å². The molecule has 7 atom stereocenters. The highest BCUT2D eigenvalue weighted by Gasteiger charge is 2.55. The number of benzene rings is 2. The van der Waals surface area contributed by atoms with Crippen LogP contribution in [0, 0.1) is 29.4 Å². The van der Waals surface area contributed by atoms with Crippen molar-refractivity contribution in [2.75, 3.05) is 38.2 Å². The van der Waals surface area contributed by atoms with Gasteiger partial charge in [-0.05, 0) is 74.6 Å². The molecule has 1 aromatic heterocycles. The van der Waals surface area contributed by atoms with Gasteiger partial charge in [-0.2, -0.15) is 9.29 Å². The first-order valence-electron chi connectivity index (χ1n) is 19.2. The molecule has 1 amide bonds. The number of alkyl carbamates (subject to hydrolysis) is 1. The summed E-state index contributed by atoms with van der Waals surface area (Å²) in [4.78, 5) is 18.1. The first kappa shape index (κ1) is 37.5. The van der Waals surface area contributed by atoms with Gasteiger partial charge in [-0.1, -0.05) is 19.3 Å². The van der Waals surface area contributed by atoms with Crippen LogP contribution in [0.25, 0.3) is 11.1 Å². The maximum absolute atomic E-state index is 14.7. The van der Waals surface area contributed by atoms with Crippen LogP contribution in [-0.4, -0.2) is 92.4 Å². The molecule has 4 fully saturated rings. The Hall–Kier alpha value is -3.41. The van der Waals surface area contributed by atoms with E-state index in [0.29, 0.717) is 61.8 Å². The first-order valence-corrected chi connectivity index (χ1v) is 20.7. The molecule has 0 unspecified atom stereocenters. The van der Waals surface area contributed by atoms with E-state index in [1.54, 1.807) is 6.07 Å². The molecular weight excluding hydrogens is 727 g/mol. The zero-order valence-electron chi connectivity index (χ0n) is 30.1. The molecule has 2 aromatic carbocycles. The van der Waals surface area contributed by atoms with Crippen LogP contribution in [0.5, 0.6) is 0 Å². The molecule has 3 aliphatic heterocycles. The fraction of sp³-hybridized carbons (Fsp3) is 0.632. The molecule has 5 aliphatic rings. The number of aliphatic hydroxyl groups excluding tert-OH is 1. The van der Waals surface area contributed by atoms with Crippen LogP contribution in [0.2, 0.25) is 0 Å². The molecule has 3 N–H and O–H groups in total. The molecule has 13 nitrogen and oxygen atoms in total. The summed E-state index contributed by atoms with van der Waals surface area (Å²) in [5.41, 5.74) is 1.36. The van der Waals surface area contributed by atoms with Gasteiger partial charge in [0.1, 0.15) is 23.3 Å². The number of amides is 1. The van der Waals surface area contributed by atoms with Gasteiger partial charge in [0.15, 0.2) is 11.9 Å². The Morgan fingerprint density at radius 2 is 1.81 bits per heavy atom. The number of nitrogens with zero attached hydrogens (tertiary/aromatic N) is 2. The Morgan fingerprint density at radius 1 is 1.02 bits per heavy atom. The Bertz CT molecular complexity index is 1910. The quantitative estimate of drug-likeness (QED) is 0.261. The van der Waals surface area contributed by atoms with Crippen molar-refractivity contribution in [2.24, 2.45) is 17.8 Å². The number of carbonyl (C=O) groups is 1. The topological polar surface area (TPSA) is 162 Å². The number of aromatic nitrogens is 1. The molecule has 3 aromatic rings. The van der Waals surface area contributed by atoms with Crippen LogP contribution in [0.15, 0.2) is 39.6 Å². The third kappa shape index (κ3) is 8.38. The molecular formula is C38H48F2N4O9S. The second-order valence-electron chi connectivity index (χ2n) is 15.4. The van der Waals surface area contributed by atoms with Crippen molar-refractivity contribution in [1.29, 1.82) is 0 Å². The molecule has 8 rings (SSSR count). The third-order valence-corrected chi connectivity index (χ3v) is 13.4. The fourth-order valence-electron chi connectivity index (χ4n) is 8.55. The van der Waals surface area contributed by atoms with Crippen molar-refractivity contribution in [1.82, 2.24) is 14.6 Å². The van der Waals surface area contributed by atoms with E-state index in [4.69, 9.17) is 23.4 Å². The van der Waals surface area contributed by atoms with E-state index in [1.807, 2.05) is 0 Å². The van der Waals surface area contributed by atoms with Crippen LogP contribution < -0.4 is 10.6 Å². The molecule has 16 heteroatoms. The van der Waals surface area contributed by atoms with E-state index >= 15 is 0 Å². The number of hydrogen-bond acceptors (Lipinski definition) is 11. The summed E-state index contributed by atoms with van der Waals surface area (Å²) < 4.78 is 88.6. The number of carbonyl (C=O) groups excluding carboxylic acids is 1. The van der Waals surface area contributed by atoms with E-state index < -0.39 is 52.5 Å². The molecule has 0 bridgehead atoms. The Morgan fingerprint density at radius 3 is 2.63 bits per heavy atom. The molecule has 0 spiro atoms. The van der Waals surface area contributed by atoms with Crippen molar-refractivity contribution in [3.05, 3.63) is 53.1 Å². The summed E-state index contributed by atoms with van der Waals surface area (Å²) in [6.07, 6.45) is 4.04. The van der Waals surface area contributed by atoms with E-state index in [0.717, 1.165) is 56.7 Å². The normalized spacial score (nSPS) is 28.5. The number of hydrogen-bond donors (Lipinski definition) is 3. The minimum absolute atomic E-state index is 0.0304. The fourth-order valence-corrected chi connectivity index (χ4v) is 10.2. The predicted octanol–water partition coefficient (Wildman–Crippen LogP) is 5.25. The van der Waals surface area contributed by atoms with Crippen molar-refractivity contribution < 1.29 is 50.5 Å². The van der Waals surface area contributed by atoms with Crippen LogP contribution in [-0.2, 0) is 42.0 Å². The largest absolute Gasteiger partial charge is 0.446 e. The van der Waals surface area contributed by atoms with Gasteiger partial charge < -0.3 is 39.1 Å². The van der Waals surface area contributed by atoms with Gasteiger partial charge in [0.05, 0.1) is 36.9 Å². The Kier molecular flexibility index (Phi) is 11.1. The van der Waals surface area contributed by atoms with Gasteiger partial charge in [-0.15, -0.1) is 0 Å². The predicted molar refractivity (Wildman–Crippen MR) is 191 cm³/mol. The molecule has 4 heterocycles. The minimum Gasteiger partial charge on any atom is -0.446 e. The SMILES string of the molecule is O=C(N[C@@H](Cc1cc(F)cc(F)c1)[C@H](O)CN1CCCCCCCOCc2cc3nc(NC4CC4)oc3cc2S1(=O)=O)O[C@H]1C[C@H]2CO[C@H]3OCC[C@@H]1[C@@H]23. The Balaban J connectivity index is 1.06. The average Bonchev–Trinajstić information content (AvgIpc) is 3.54.